The van der Waals surface area contributed by atoms with Gasteiger partial charge in [0.05, 0.1) is 11.4 Å². The van der Waals surface area contributed by atoms with Gasteiger partial charge in [-0.3, -0.25) is 0 Å². The summed E-state index contributed by atoms with van der Waals surface area (Å²) in [7, 11) is 2.28. The highest BCUT2D eigenvalue weighted by atomic mass is 79.9. The van der Waals surface area contributed by atoms with E-state index in [4.69, 9.17) is 5.73 Å². The third-order valence-corrected chi connectivity index (χ3v) is 5.17. The molecule has 2 N–H and O–H groups in total. The second-order valence-corrected chi connectivity index (χ2v) is 6.80. The maximum atomic E-state index is 6.17. The minimum atomic E-state index is 0.779. The van der Waals surface area contributed by atoms with Crippen LogP contribution in [0.25, 0.3) is 0 Å². The molecule has 0 saturated carbocycles. The summed E-state index contributed by atoms with van der Waals surface area (Å²) in [6, 6.07) is 7.02. The third-order valence-electron chi connectivity index (χ3n) is 4.68. The molecular formula is C15H22BrN3. The number of nitrogen functional groups attached to an aromatic ring is 1. The summed E-state index contributed by atoms with van der Waals surface area (Å²) >= 11 is 3.48. The van der Waals surface area contributed by atoms with Crippen LogP contribution in [0.1, 0.15) is 19.3 Å². The van der Waals surface area contributed by atoms with Gasteiger partial charge in [-0.25, -0.2) is 0 Å². The lowest BCUT2D eigenvalue weighted by atomic mass is 9.84. The number of halogens is 1. The first-order chi connectivity index (χ1) is 9.15. The first kappa shape index (κ1) is 13.3. The number of piperidine rings is 2. The molecule has 0 amide bonds. The van der Waals surface area contributed by atoms with Crippen molar-refractivity contribution in [2.75, 3.05) is 37.3 Å². The molecule has 1 aromatic carbocycles. The number of likely N-dealkylation sites (tertiary alicyclic amines) is 1. The molecule has 2 unspecified atom stereocenters. The average Bonchev–Trinajstić information content (AvgIpc) is 2.38. The van der Waals surface area contributed by atoms with Crippen LogP contribution in [-0.2, 0) is 0 Å². The molecular weight excluding hydrogens is 302 g/mol. The summed E-state index contributed by atoms with van der Waals surface area (Å²) in [5, 5.41) is 0. The quantitative estimate of drug-likeness (QED) is 0.806. The first-order valence-corrected chi connectivity index (χ1v) is 7.94. The van der Waals surface area contributed by atoms with Crippen LogP contribution in [-0.4, -0.2) is 37.6 Å². The van der Waals surface area contributed by atoms with Crippen molar-refractivity contribution >= 4 is 27.3 Å². The molecule has 0 aliphatic carbocycles. The van der Waals surface area contributed by atoms with Crippen molar-refractivity contribution < 1.29 is 0 Å². The zero-order chi connectivity index (χ0) is 13.4. The van der Waals surface area contributed by atoms with Crippen molar-refractivity contribution in [2.45, 2.75) is 25.3 Å². The van der Waals surface area contributed by atoms with Gasteiger partial charge in [-0.2, -0.15) is 0 Å². The van der Waals surface area contributed by atoms with Gasteiger partial charge in [-0.15, -0.1) is 0 Å². The van der Waals surface area contributed by atoms with Gasteiger partial charge in [0.15, 0.2) is 0 Å². The van der Waals surface area contributed by atoms with Gasteiger partial charge < -0.3 is 15.5 Å². The van der Waals surface area contributed by atoms with Crippen LogP contribution in [0, 0.1) is 5.92 Å². The molecule has 3 nitrogen and oxygen atoms in total. The number of hydrogen-bond donors (Lipinski definition) is 1. The average molecular weight is 324 g/mol. The van der Waals surface area contributed by atoms with E-state index in [1.165, 1.54) is 31.5 Å². The molecule has 0 bridgehead atoms. The molecule has 2 saturated heterocycles. The molecule has 2 atom stereocenters. The Hall–Kier alpha value is -0.740. The second kappa shape index (κ2) is 5.33. The lowest BCUT2D eigenvalue weighted by molar-refractivity contribution is 0.102. The Labute approximate surface area is 123 Å². The predicted octanol–water partition coefficient (Wildman–Crippen LogP) is 2.95. The molecule has 19 heavy (non-hydrogen) atoms. The number of fused-ring (bicyclic) bond motifs is 1. The molecule has 3 rings (SSSR count). The van der Waals surface area contributed by atoms with Gasteiger partial charge in [-0.1, -0.05) is 15.9 Å². The largest absolute Gasteiger partial charge is 0.397 e. The Morgan fingerprint density at radius 1 is 1.26 bits per heavy atom. The maximum Gasteiger partial charge on any atom is 0.0600 e. The van der Waals surface area contributed by atoms with E-state index in [1.807, 2.05) is 6.07 Å². The Kier molecular flexibility index (Phi) is 3.72. The van der Waals surface area contributed by atoms with E-state index in [2.05, 4.69) is 44.9 Å². The van der Waals surface area contributed by atoms with E-state index in [-0.39, 0.29) is 0 Å². The lowest BCUT2D eigenvalue weighted by Crippen LogP contribution is -2.52. The molecule has 2 aliphatic rings. The second-order valence-electron chi connectivity index (χ2n) is 5.89. The summed E-state index contributed by atoms with van der Waals surface area (Å²) in [5.74, 6) is 0.801. The first-order valence-electron chi connectivity index (χ1n) is 7.15. The van der Waals surface area contributed by atoms with E-state index in [9.17, 15) is 0 Å². The molecule has 0 aromatic heterocycles. The van der Waals surface area contributed by atoms with Crippen LogP contribution in [0.3, 0.4) is 0 Å². The van der Waals surface area contributed by atoms with Gasteiger partial charge in [-0.05, 0) is 57.0 Å². The third kappa shape index (κ3) is 2.61. The summed E-state index contributed by atoms with van der Waals surface area (Å²) in [5.41, 5.74) is 8.26. The molecule has 0 radical (unpaired) electrons. The highest BCUT2D eigenvalue weighted by Gasteiger charge is 2.34. The van der Waals surface area contributed by atoms with E-state index < -0.39 is 0 Å². The lowest BCUT2D eigenvalue weighted by Gasteiger charge is -2.46. The topological polar surface area (TPSA) is 32.5 Å². The molecule has 1 aromatic rings. The number of hydrogen-bond acceptors (Lipinski definition) is 3. The number of benzene rings is 1. The van der Waals surface area contributed by atoms with Crippen LogP contribution in [0.5, 0.6) is 0 Å². The van der Waals surface area contributed by atoms with E-state index in [0.717, 1.165) is 35.2 Å². The van der Waals surface area contributed by atoms with Gasteiger partial charge >= 0.3 is 0 Å². The van der Waals surface area contributed by atoms with Crippen molar-refractivity contribution in [3.8, 4) is 0 Å². The van der Waals surface area contributed by atoms with Crippen LogP contribution >= 0.6 is 15.9 Å². The fourth-order valence-electron chi connectivity index (χ4n) is 3.68. The Morgan fingerprint density at radius 3 is 2.89 bits per heavy atom. The molecule has 2 heterocycles. The van der Waals surface area contributed by atoms with E-state index in [0.29, 0.717) is 0 Å². The number of anilines is 2. The standard InChI is InChI=1S/C15H22BrN3/c1-18-7-2-3-11-10-19(8-6-14(11)18)15-5-4-12(16)9-13(15)17/h4-5,9,11,14H,2-3,6-8,10,17H2,1H3. The van der Waals surface area contributed by atoms with Crippen LogP contribution in [0.2, 0.25) is 0 Å². The van der Waals surface area contributed by atoms with E-state index >= 15 is 0 Å². The molecule has 4 heteroatoms. The van der Waals surface area contributed by atoms with Crippen LogP contribution in [0.4, 0.5) is 11.4 Å². The minimum absolute atomic E-state index is 0.779. The summed E-state index contributed by atoms with van der Waals surface area (Å²) in [6.45, 7) is 3.54. The fraction of sp³-hybridized carbons (Fsp3) is 0.600. The highest BCUT2D eigenvalue weighted by molar-refractivity contribution is 9.10. The van der Waals surface area contributed by atoms with Crippen molar-refractivity contribution in [3.63, 3.8) is 0 Å². The van der Waals surface area contributed by atoms with Crippen LogP contribution in [0.15, 0.2) is 22.7 Å². The highest BCUT2D eigenvalue weighted by Crippen LogP contribution is 2.34. The number of nitrogens with zero attached hydrogens (tertiary/aromatic N) is 2. The number of rotatable bonds is 1. The fourth-order valence-corrected chi connectivity index (χ4v) is 4.06. The zero-order valence-corrected chi connectivity index (χ0v) is 13.1. The SMILES string of the molecule is CN1CCCC2CN(c3ccc(Br)cc3N)CCC21. The van der Waals surface area contributed by atoms with Crippen molar-refractivity contribution in [2.24, 2.45) is 5.92 Å². The van der Waals surface area contributed by atoms with Crippen molar-refractivity contribution in [1.29, 1.82) is 0 Å². The molecule has 0 spiro atoms. The van der Waals surface area contributed by atoms with Crippen LogP contribution < -0.4 is 10.6 Å². The van der Waals surface area contributed by atoms with Gasteiger partial charge in [0.25, 0.3) is 0 Å². The Balaban J connectivity index is 1.77. The summed E-state index contributed by atoms with van der Waals surface area (Å²) < 4.78 is 1.06. The number of nitrogens with two attached hydrogens (primary N) is 1. The molecule has 104 valence electrons. The minimum Gasteiger partial charge on any atom is -0.397 e. The normalized spacial score (nSPS) is 28.2. The van der Waals surface area contributed by atoms with Gasteiger partial charge in [0, 0.05) is 23.6 Å². The summed E-state index contributed by atoms with van der Waals surface area (Å²) in [6.07, 6.45) is 3.96. The Morgan fingerprint density at radius 2 is 2.11 bits per heavy atom. The molecule has 2 aliphatic heterocycles. The smallest absolute Gasteiger partial charge is 0.0600 e. The van der Waals surface area contributed by atoms with Crippen molar-refractivity contribution in [1.82, 2.24) is 4.90 Å². The predicted molar refractivity (Wildman–Crippen MR) is 84.5 cm³/mol. The van der Waals surface area contributed by atoms with Crippen molar-refractivity contribution in [3.05, 3.63) is 22.7 Å². The zero-order valence-electron chi connectivity index (χ0n) is 11.5. The Bertz CT molecular complexity index is 463. The maximum absolute atomic E-state index is 6.17. The summed E-state index contributed by atoms with van der Waals surface area (Å²) in [4.78, 5) is 5.03. The monoisotopic (exact) mass is 323 g/mol. The van der Waals surface area contributed by atoms with E-state index in [1.54, 1.807) is 0 Å². The molecule has 2 fully saturated rings. The van der Waals surface area contributed by atoms with Gasteiger partial charge in [0.2, 0.25) is 0 Å². The van der Waals surface area contributed by atoms with Gasteiger partial charge in [0.1, 0.15) is 0 Å².